The molecule has 2 aromatic rings. The Kier molecular flexibility index (Phi) is 4.61. The molecular formula is C15H12BrClO2. The van der Waals surface area contributed by atoms with E-state index in [1.54, 1.807) is 12.1 Å². The van der Waals surface area contributed by atoms with E-state index >= 15 is 0 Å². The van der Waals surface area contributed by atoms with Crippen LogP contribution in [0.15, 0.2) is 46.9 Å². The van der Waals surface area contributed by atoms with Gasteiger partial charge in [-0.1, -0.05) is 45.8 Å². The van der Waals surface area contributed by atoms with E-state index in [4.69, 9.17) is 16.3 Å². The van der Waals surface area contributed by atoms with Gasteiger partial charge in [0.15, 0.2) is 0 Å². The lowest BCUT2D eigenvalue weighted by Crippen LogP contribution is -2.00. The van der Waals surface area contributed by atoms with Crippen molar-refractivity contribution in [3.8, 4) is 5.75 Å². The largest absolute Gasteiger partial charge is 0.488 e. The molecule has 0 saturated carbocycles. The number of rotatable bonds is 4. The van der Waals surface area contributed by atoms with Crippen LogP contribution in [-0.4, -0.2) is 5.24 Å². The van der Waals surface area contributed by atoms with Crippen LogP contribution in [0.25, 0.3) is 0 Å². The van der Waals surface area contributed by atoms with Gasteiger partial charge in [0.25, 0.3) is 5.24 Å². The van der Waals surface area contributed by atoms with Crippen LogP contribution in [0, 0.1) is 6.92 Å². The van der Waals surface area contributed by atoms with Crippen molar-refractivity contribution in [2.45, 2.75) is 13.5 Å². The Morgan fingerprint density at radius 3 is 2.74 bits per heavy atom. The first-order valence-electron chi connectivity index (χ1n) is 5.74. The van der Waals surface area contributed by atoms with Gasteiger partial charge in [-0.25, -0.2) is 0 Å². The second-order valence-electron chi connectivity index (χ2n) is 4.19. The van der Waals surface area contributed by atoms with Crippen LogP contribution in [0.5, 0.6) is 5.75 Å². The lowest BCUT2D eigenvalue weighted by molar-refractivity contribution is 0.107. The summed E-state index contributed by atoms with van der Waals surface area (Å²) in [5.74, 6) is 0.490. The fourth-order valence-electron chi connectivity index (χ4n) is 1.74. The molecule has 0 spiro atoms. The SMILES string of the molecule is Cc1cccc(COc2ccc(Br)cc2C(=O)Cl)c1. The number of benzene rings is 2. The molecule has 0 aliphatic rings. The summed E-state index contributed by atoms with van der Waals surface area (Å²) in [6, 6.07) is 13.2. The summed E-state index contributed by atoms with van der Waals surface area (Å²) in [6.45, 7) is 2.43. The summed E-state index contributed by atoms with van der Waals surface area (Å²) in [5, 5.41) is -0.527. The number of hydrogen-bond acceptors (Lipinski definition) is 2. The van der Waals surface area contributed by atoms with Gasteiger partial charge < -0.3 is 4.74 Å². The highest BCUT2D eigenvalue weighted by molar-refractivity contribution is 9.10. The molecule has 0 radical (unpaired) electrons. The maximum absolute atomic E-state index is 11.3. The molecule has 2 nitrogen and oxygen atoms in total. The Balaban J connectivity index is 2.17. The summed E-state index contributed by atoms with van der Waals surface area (Å²) in [7, 11) is 0. The second kappa shape index (κ2) is 6.22. The van der Waals surface area contributed by atoms with Crippen LogP contribution < -0.4 is 4.74 Å². The predicted octanol–water partition coefficient (Wildman–Crippen LogP) is 4.72. The van der Waals surface area contributed by atoms with E-state index < -0.39 is 5.24 Å². The number of ether oxygens (including phenoxy) is 1. The first-order valence-corrected chi connectivity index (χ1v) is 6.91. The molecule has 98 valence electrons. The van der Waals surface area contributed by atoms with Crippen LogP contribution >= 0.6 is 27.5 Å². The Morgan fingerprint density at radius 1 is 1.26 bits per heavy atom. The number of aryl methyl sites for hydroxylation is 1. The Bertz CT molecular complexity index is 611. The van der Waals surface area contributed by atoms with Gasteiger partial charge in [0.1, 0.15) is 12.4 Å². The number of carbonyl (C=O) groups excluding carboxylic acids is 1. The molecule has 2 rings (SSSR count). The molecule has 0 amide bonds. The number of halogens is 2. The first kappa shape index (κ1) is 14.1. The third-order valence-electron chi connectivity index (χ3n) is 2.63. The monoisotopic (exact) mass is 338 g/mol. The van der Waals surface area contributed by atoms with Gasteiger partial charge in [-0.2, -0.15) is 0 Å². The van der Waals surface area contributed by atoms with E-state index in [9.17, 15) is 4.79 Å². The van der Waals surface area contributed by atoms with Gasteiger partial charge in [-0.15, -0.1) is 0 Å². The van der Waals surface area contributed by atoms with Gasteiger partial charge in [0.2, 0.25) is 0 Å². The fourth-order valence-corrected chi connectivity index (χ4v) is 2.25. The molecule has 0 aliphatic heterocycles. The van der Waals surface area contributed by atoms with Crippen molar-refractivity contribution >= 4 is 32.8 Å². The van der Waals surface area contributed by atoms with Crippen molar-refractivity contribution < 1.29 is 9.53 Å². The molecule has 0 heterocycles. The molecule has 0 atom stereocenters. The molecule has 0 fully saturated rings. The Morgan fingerprint density at radius 2 is 2.05 bits per heavy atom. The smallest absolute Gasteiger partial charge is 0.256 e. The third-order valence-corrected chi connectivity index (χ3v) is 3.33. The van der Waals surface area contributed by atoms with E-state index in [0.29, 0.717) is 17.9 Å². The second-order valence-corrected chi connectivity index (χ2v) is 5.45. The standard InChI is InChI=1S/C15H12BrClO2/c1-10-3-2-4-11(7-10)9-19-14-6-5-12(16)8-13(14)15(17)18/h2-8H,9H2,1H3. The normalized spacial score (nSPS) is 10.3. The summed E-state index contributed by atoms with van der Waals surface area (Å²) >= 11 is 8.85. The molecule has 19 heavy (non-hydrogen) atoms. The maximum atomic E-state index is 11.3. The van der Waals surface area contributed by atoms with Gasteiger partial charge >= 0.3 is 0 Å². The average Bonchev–Trinajstić information content (AvgIpc) is 2.37. The van der Waals surface area contributed by atoms with E-state index in [-0.39, 0.29) is 0 Å². The van der Waals surface area contributed by atoms with Crippen LogP contribution in [0.3, 0.4) is 0 Å². The molecular weight excluding hydrogens is 328 g/mol. The lowest BCUT2D eigenvalue weighted by atomic mass is 10.1. The minimum Gasteiger partial charge on any atom is -0.488 e. The quantitative estimate of drug-likeness (QED) is 0.754. The van der Waals surface area contributed by atoms with Crippen LogP contribution in [0.2, 0.25) is 0 Å². The summed E-state index contributed by atoms with van der Waals surface area (Å²) < 4.78 is 6.46. The van der Waals surface area contributed by atoms with Gasteiger partial charge in [-0.3, -0.25) is 4.79 Å². The zero-order valence-electron chi connectivity index (χ0n) is 10.3. The molecule has 0 aliphatic carbocycles. The molecule has 0 saturated heterocycles. The van der Waals surface area contributed by atoms with Gasteiger partial charge in [0.05, 0.1) is 5.56 Å². The van der Waals surface area contributed by atoms with Crippen LogP contribution in [-0.2, 0) is 6.61 Å². The highest BCUT2D eigenvalue weighted by Crippen LogP contribution is 2.25. The number of hydrogen-bond donors (Lipinski definition) is 0. The van der Waals surface area contributed by atoms with Crippen molar-refractivity contribution in [3.63, 3.8) is 0 Å². The van der Waals surface area contributed by atoms with E-state index in [0.717, 1.165) is 10.0 Å². The highest BCUT2D eigenvalue weighted by Gasteiger charge is 2.11. The summed E-state index contributed by atoms with van der Waals surface area (Å²) in [4.78, 5) is 11.3. The molecule has 0 N–H and O–H groups in total. The minimum atomic E-state index is -0.527. The van der Waals surface area contributed by atoms with Crippen molar-refractivity contribution in [1.82, 2.24) is 0 Å². The first-order chi connectivity index (χ1) is 9.06. The lowest BCUT2D eigenvalue weighted by Gasteiger charge is -2.10. The zero-order chi connectivity index (χ0) is 13.8. The zero-order valence-corrected chi connectivity index (χ0v) is 12.7. The molecule has 0 bridgehead atoms. The van der Waals surface area contributed by atoms with Crippen LogP contribution in [0.4, 0.5) is 0 Å². The van der Waals surface area contributed by atoms with E-state index in [1.807, 2.05) is 37.3 Å². The summed E-state index contributed by atoms with van der Waals surface area (Å²) in [5.41, 5.74) is 2.59. The van der Waals surface area contributed by atoms with Crippen molar-refractivity contribution in [2.75, 3.05) is 0 Å². The van der Waals surface area contributed by atoms with Crippen molar-refractivity contribution in [1.29, 1.82) is 0 Å². The third kappa shape index (κ3) is 3.82. The van der Waals surface area contributed by atoms with E-state index in [2.05, 4.69) is 15.9 Å². The van der Waals surface area contributed by atoms with Crippen LogP contribution in [0.1, 0.15) is 21.5 Å². The predicted molar refractivity (Wildman–Crippen MR) is 79.8 cm³/mol. The Labute approximate surface area is 125 Å². The highest BCUT2D eigenvalue weighted by atomic mass is 79.9. The fraction of sp³-hybridized carbons (Fsp3) is 0.133. The maximum Gasteiger partial charge on any atom is 0.256 e. The average molecular weight is 340 g/mol. The molecule has 0 aromatic heterocycles. The van der Waals surface area contributed by atoms with Gasteiger partial charge in [0, 0.05) is 4.47 Å². The molecule has 2 aromatic carbocycles. The van der Waals surface area contributed by atoms with Gasteiger partial charge in [-0.05, 0) is 42.3 Å². The molecule has 4 heteroatoms. The minimum absolute atomic E-state index is 0.365. The molecule has 0 unspecified atom stereocenters. The topological polar surface area (TPSA) is 26.3 Å². The van der Waals surface area contributed by atoms with Crippen molar-refractivity contribution in [2.24, 2.45) is 0 Å². The Hall–Kier alpha value is -1.32. The number of carbonyl (C=O) groups is 1. The summed E-state index contributed by atoms with van der Waals surface area (Å²) in [6.07, 6.45) is 0. The van der Waals surface area contributed by atoms with E-state index in [1.165, 1.54) is 5.56 Å². The van der Waals surface area contributed by atoms with Crippen molar-refractivity contribution in [3.05, 3.63) is 63.6 Å².